The van der Waals surface area contributed by atoms with E-state index in [9.17, 15) is 4.39 Å². The zero-order valence-corrected chi connectivity index (χ0v) is 7.88. The largest absolute Gasteiger partial charge is 0.489 e. The van der Waals surface area contributed by atoms with Gasteiger partial charge in [0.05, 0.1) is 0 Å². The molecule has 13 heavy (non-hydrogen) atoms. The van der Waals surface area contributed by atoms with Gasteiger partial charge in [0.15, 0.2) is 0 Å². The smallest absolute Gasteiger partial charge is 0.126 e. The number of allylic oxidation sites excluding steroid dienone is 1. The molecule has 0 aliphatic carbocycles. The molecular formula is C11H13FO. The van der Waals surface area contributed by atoms with Gasteiger partial charge in [0, 0.05) is 6.07 Å². The van der Waals surface area contributed by atoms with Crippen LogP contribution in [-0.4, -0.2) is 6.61 Å². The van der Waals surface area contributed by atoms with E-state index in [-0.39, 0.29) is 5.82 Å². The summed E-state index contributed by atoms with van der Waals surface area (Å²) in [6.45, 7) is 4.43. The van der Waals surface area contributed by atoms with Crippen molar-refractivity contribution in [2.45, 2.75) is 13.8 Å². The molecule has 1 aromatic carbocycles. The zero-order chi connectivity index (χ0) is 9.68. The lowest BCUT2D eigenvalue weighted by Crippen LogP contribution is -1.98. The maximum absolute atomic E-state index is 12.7. The van der Waals surface area contributed by atoms with Crippen LogP contribution in [0.1, 0.15) is 13.8 Å². The first kappa shape index (κ1) is 9.78. The molecule has 2 heteroatoms. The molecule has 0 bridgehead atoms. The predicted molar refractivity (Wildman–Crippen MR) is 51.3 cm³/mol. The van der Waals surface area contributed by atoms with E-state index in [1.54, 1.807) is 12.1 Å². The molecule has 0 N–H and O–H groups in total. The van der Waals surface area contributed by atoms with Crippen LogP contribution in [-0.2, 0) is 0 Å². The third-order valence-corrected chi connectivity index (χ3v) is 1.76. The molecule has 0 aliphatic rings. The molecule has 0 saturated carbocycles. The van der Waals surface area contributed by atoms with Crippen molar-refractivity contribution in [2.75, 3.05) is 6.61 Å². The number of benzene rings is 1. The van der Waals surface area contributed by atoms with Crippen molar-refractivity contribution in [1.82, 2.24) is 0 Å². The van der Waals surface area contributed by atoms with E-state index in [4.69, 9.17) is 4.74 Å². The van der Waals surface area contributed by atoms with E-state index in [0.29, 0.717) is 12.4 Å². The number of ether oxygens (including phenoxy) is 1. The fraction of sp³-hybridized carbons (Fsp3) is 0.273. The number of halogens is 1. The molecule has 1 nitrogen and oxygen atoms in total. The summed E-state index contributed by atoms with van der Waals surface area (Å²) in [6, 6.07) is 6.15. The van der Waals surface area contributed by atoms with Crippen LogP contribution in [0.2, 0.25) is 0 Å². The molecular weight excluding hydrogens is 167 g/mol. The van der Waals surface area contributed by atoms with Gasteiger partial charge in [0.1, 0.15) is 18.2 Å². The minimum atomic E-state index is -0.268. The van der Waals surface area contributed by atoms with Crippen LogP contribution in [0, 0.1) is 5.82 Å². The van der Waals surface area contributed by atoms with Gasteiger partial charge in [-0.25, -0.2) is 4.39 Å². The van der Waals surface area contributed by atoms with Crippen LogP contribution in [0.3, 0.4) is 0 Å². The van der Waals surface area contributed by atoms with Crippen molar-refractivity contribution in [1.29, 1.82) is 0 Å². The lowest BCUT2D eigenvalue weighted by atomic mass is 10.3. The second-order valence-corrected chi connectivity index (χ2v) is 2.88. The summed E-state index contributed by atoms with van der Waals surface area (Å²) in [5.41, 5.74) is 1.13. The molecule has 0 aromatic heterocycles. The summed E-state index contributed by atoms with van der Waals surface area (Å²) in [4.78, 5) is 0. The highest BCUT2D eigenvalue weighted by atomic mass is 19.1. The minimum absolute atomic E-state index is 0.268. The molecule has 1 aromatic rings. The number of hydrogen-bond donors (Lipinski definition) is 0. The minimum Gasteiger partial charge on any atom is -0.489 e. The summed E-state index contributed by atoms with van der Waals surface area (Å²) in [6.07, 6.45) is 1.97. The van der Waals surface area contributed by atoms with Crippen molar-refractivity contribution in [2.24, 2.45) is 0 Å². The first-order chi connectivity index (χ1) is 6.22. The number of hydrogen-bond acceptors (Lipinski definition) is 1. The van der Waals surface area contributed by atoms with Gasteiger partial charge in [-0.2, -0.15) is 0 Å². The number of rotatable bonds is 3. The van der Waals surface area contributed by atoms with Gasteiger partial charge in [-0.1, -0.05) is 12.1 Å². The standard InChI is InChI=1S/C11H13FO/c1-3-9(2)8-13-11-6-4-5-10(12)7-11/h3-7H,8H2,1-2H3/b9-3+. The molecule has 0 radical (unpaired) electrons. The molecule has 1 rings (SSSR count). The Balaban J connectivity index is 2.55. The van der Waals surface area contributed by atoms with Gasteiger partial charge in [-0.15, -0.1) is 0 Å². The van der Waals surface area contributed by atoms with Crippen molar-refractivity contribution in [3.63, 3.8) is 0 Å². The highest BCUT2D eigenvalue weighted by molar-refractivity contribution is 5.22. The summed E-state index contributed by atoms with van der Waals surface area (Å²) in [5.74, 6) is 0.303. The fourth-order valence-electron chi connectivity index (χ4n) is 0.837. The molecule has 0 amide bonds. The van der Waals surface area contributed by atoms with Crippen molar-refractivity contribution >= 4 is 0 Å². The Bertz CT molecular complexity index is 305. The van der Waals surface area contributed by atoms with Gasteiger partial charge < -0.3 is 4.74 Å². The van der Waals surface area contributed by atoms with Crippen LogP contribution in [0.15, 0.2) is 35.9 Å². The van der Waals surface area contributed by atoms with Crippen molar-refractivity contribution < 1.29 is 9.13 Å². The van der Waals surface area contributed by atoms with E-state index >= 15 is 0 Å². The Morgan fingerprint density at radius 2 is 2.31 bits per heavy atom. The zero-order valence-electron chi connectivity index (χ0n) is 7.88. The molecule has 0 heterocycles. The molecule has 0 spiro atoms. The molecule has 70 valence electrons. The molecule has 0 saturated heterocycles. The Kier molecular flexibility index (Phi) is 3.50. The summed E-state index contributed by atoms with van der Waals surface area (Å²) < 4.78 is 18.0. The Morgan fingerprint density at radius 3 is 2.92 bits per heavy atom. The van der Waals surface area contributed by atoms with E-state index in [1.165, 1.54) is 12.1 Å². The van der Waals surface area contributed by atoms with Crippen LogP contribution in [0.5, 0.6) is 5.75 Å². The van der Waals surface area contributed by atoms with Crippen LogP contribution in [0.25, 0.3) is 0 Å². The summed E-state index contributed by atoms with van der Waals surface area (Å²) >= 11 is 0. The van der Waals surface area contributed by atoms with Gasteiger partial charge in [-0.05, 0) is 31.6 Å². The topological polar surface area (TPSA) is 9.23 Å². The second-order valence-electron chi connectivity index (χ2n) is 2.88. The van der Waals surface area contributed by atoms with E-state index in [0.717, 1.165) is 5.57 Å². The first-order valence-electron chi connectivity index (χ1n) is 4.22. The highest BCUT2D eigenvalue weighted by Gasteiger charge is 1.95. The Morgan fingerprint density at radius 1 is 1.54 bits per heavy atom. The van der Waals surface area contributed by atoms with Gasteiger partial charge in [0.25, 0.3) is 0 Å². The fourth-order valence-corrected chi connectivity index (χ4v) is 0.837. The van der Waals surface area contributed by atoms with Crippen molar-refractivity contribution in [3.05, 3.63) is 41.7 Å². The van der Waals surface area contributed by atoms with Crippen LogP contribution < -0.4 is 4.74 Å². The third-order valence-electron chi connectivity index (χ3n) is 1.76. The molecule has 0 atom stereocenters. The lowest BCUT2D eigenvalue weighted by molar-refractivity contribution is 0.350. The molecule has 0 unspecified atom stereocenters. The van der Waals surface area contributed by atoms with Crippen LogP contribution >= 0.6 is 0 Å². The summed E-state index contributed by atoms with van der Waals surface area (Å²) in [7, 11) is 0. The van der Waals surface area contributed by atoms with Gasteiger partial charge in [0.2, 0.25) is 0 Å². The Hall–Kier alpha value is -1.31. The lowest BCUT2D eigenvalue weighted by Gasteiger charge is -2.05. The van der Waals surface area contributed by atoms with E-state index in [1.807, 2.05) is 19.9 Å². The Labute approximate surface area is 77.8 Å². The van der Waals surface area contributed by atoms with E-state index in [2.05, 4.69) is 0 Å². The average Bonchev–Trinajstić information content (AvgIpc) is 2.14. The van der Waals surface area contributed by atoms with E-state index < -0.39 is 0 Å². The summed E-state index contributed by atoms with van der Waals surface area (Å²) in [5, 5.41) is 0. The second kappa shape index (κ2) is 4.65. The maximum atomic E-state index is 12.7. The predicted octanol–water partition coefficient (Wildman–Crippen LogP) is 3.17. The van der Waals surface area contributed by atoms with Gasteiger partial charge in [-0.3, -0.25) is 0 Å². The third kappa shape index (κ3) is 3.28. The average molecular weight is 180 g/mol. The molecule has 0 fully saturated rings. The SMILES string of the molecule is C/C=C(\C)COc1cccc(F)c1. The maximum Gasteiger partial charge on any atom is 0.126 e. The molecule has 0 aliphatic heterocycles. The van der Waals surface area contributed by atoms with Crippen LogP contribution in [0.4, 0.5) is 4.39 Å². The monoisotopic (exact) mass is 180 g/mol. The van der Waals surface area contributed by atoms with Gasteiger partial charge >= 0.3 is 0 Å². The normalized spacial score (nSPS) is 11.5. The first-order valence-corrected chi connectivity index (χ1v) is 4.22. The van der Waals surface area contributed by atoms with Crippen molar-refractivity contribution in [3.8, 4) is 5.75 Å². The highest BCUT2D eigenvalue weighted by Crippen LogP contribution is 2.12. The quantitative estimate of drug-likeness (QED) is 0.649.